The highest BCUT2D eigenvalue weighted by Gasteiger charge is 2.59. The van der Waals surface area contributed by atoms with Gasteiger partial charge in [-0.25, -0.2) is 0 Å². The second-order valence-corrected chi connectivity index (χ2v) is 4.80. The van der Waals surface area contributed by atoms with Crippen LogP contribution in [0.15, 0.2) is 0 Å². The molecule has 0 aliphatic heterocycles. The molecular formula is C8H16OS. The molecule has 1 atom stereocenters. The van der Waals surface area contributed by atoms with E-state index in [0.29, 0.717) is 12.0 Å². The lowest BCUT2D eigenvalue weighted by Gasteiger charge is -2.15. The minimum Gasteiger partial charge on any atom is -0.396 e. The third kappa shape index (κ3) is 1.08. The Hall–Kier alpha value is 0.310. The maximum Gasteiger partial charge on any atom is 0.0500 e. The van der Waals surface area contributed by atoms with Gasteiger partial charge in [-0.15, -0.1) is 0 Å². The first-order valence-corrected chi connectivity index (χ1v) is 5.07. The highest BCUT2D eigenvalue weighted by atomic mass is 32.2. The van der Waals surface area contributed by atoms with Gasteiger partial charge in [0.15, 0.2) is 0 Å². The summed E-state index contributed by atoms with van der Waals surface area (Å²) in [5, 5.41) is 9.11. The molecule has 1 saturated carbocycles. The van der Waals surface area contributed by atoms with Gasteiger partial charge in [0.1, 0.15) is 0 Å². The van der Waals surface area contributed by atoms with Gasteiger partial charge in [0.05, 0.1) is 6.61 Å². The SMILES string of the molecule is CSCC1(CO)CC1(C)C. The zero-order valence-electron chi connectivity index (χ0n) is 6.98. The molecule has 0 heterocycles. The minimum absolute atomic E-state index is 0.256. The smallest absolute Gasteiger partial charge is 0.0500 e. The van der Waals surface area contributed by atoms with E-state index < -0.39 is 0 Å². The summed E-state index contributed by atoms with van der Waals surface area (Å²) in [7, 11) is 0. The van der Waals surface area contributed by atoms with Crippen molar-refractivity contribution in [3.63, 3.8) is 0 Å². The van der Waals surface area contributed by atoms with Gasteiger partial charge in [-0.3, -0.25) is 0 Å². The first-order valence-electron chi connectivity index (χ1n) is 3.68. The van der Waals surface area contributed by atoms with Gasteiger partial charge in [-0.05, 0) is 18.1 Å². The van der Waals surface area contributed by atoms with Gasteiger partial charge in [0.25, 0.3) is 0 Å². The van der Waals surface area contributed by atoms with Gasteiger partial charge in [0.2, 0.25) is 0 Å². The number of rotatable bonds is 3. The maximum atomic E-state index is 9.11. The van der Waals surface area contributed by atoms with Crippen LogP contribution in [-0.4, -0.2) is 23.7 Å². The summed E-state index contributed by atoms with van der Waals surface area (Å²) in [4.78, 5) is 0. The molecule has 1 fully saturated rings. The van der Waals surface area contributed by atoms with Crippen molar-refractivity contribution in [3.05, 3.63) is 0 Å². The van der Waals surface area contributed by atoms with Gasteiger partial charge >= 0.3 is 0 Å². The molecule has 0 aromatic heterocycles. The molecule has 0 aromatic carbocycles. The molecule has 0 spiro atoms. The summed E-state index contributed by atoms with van der Waals surface area (Å²) in [5.41, 5.74) is 0.650. The topological polar surface area (TPSA) is 20.2 Å². The molecule has 0 saturated heterocycles. The monoisotopic (exact) mass is 160 g/mol. The molecule has 0 radical (unpaired) electrons. The normalized spacial score (nSPS) is 36.0. The fourth-order valence-corrected chi connectivity index (χ4v) is 2.78. The number of hydrogen-bond donors (Lipinski definition) is 1. The fourth-order valence-electron chi connectivity index (χ4n) is 1.64. The van der Waals surface area contributed by atoms with Crippen LogP contribution < -0.4 is 0 Å². The first-order chi connectivity index (χ1) is 4.58. The van der Waals surface area contributed by atoms with E-state index in [1.165, 1.54) is 6.42 Å². The first kappa shape index (κ1) is 8.41. The van der Waals surface area contributed by atoms with Crippen LogP contribution in [0.4, 0.5) is 0 Å². The zero-order valence-corrected chi connectivity index (χ0v) is 7.79. The second kappa shape index (κ2) is 2.42. The van der Waals surface area contributed by atoms with Crippen molar-refractivity contribution in [1.29, 1.82) is 0 Å². The standard InChI is InChI=1S/C8H16OS/c1-7(2)4-8(7,5-9)6-10-3/h9H,4-6H2,1-3H3. The lowest BCUT2D eigenvalue weighted by Crippen LogP contribution is -2.16. The Morgan fingerprint density at radius 3 is 2.10 bits per heavy atom. The molecule has 10 heavy (non-hydrogen) atoms. The van der Waals surface area contributed by atoms with Crippen molar-refractivity contribution in [1.82, 2.24) is 0 Å². The molecule has 2 heteroatoms. The third-order valence-electron chi connectivity index (χ3n) is 2.81. The molecule has 1 aliphatic rings. The van der Waals surface area contributed by atoms with Crippen molar-refractivity contribution in [2.75, 3.05) is 18.6 Å². The van der Waals surface area contributed by atoms with Crippen molar-refractivity contribution in [2.45, 2.75) is 20.3 Å². The highest BCUT2D eigenvalue weighted by molar-refractivity contribution is 7.98. The van der Waals surface area contributed by atoms with E-state index in [9.17, 15) is 0 Å². The molecule has 0 amide bonds. The van der Waals surface area contributed by atoms with Crippen LogP contribution in [0.2, 0.25) is 0 Å². The zero-order chi connectivity index (χ0) is 7.83. The minimum atomic E-state index is 0.256. The number of aliphatic hydroxyl groups is 1. The fraction of sp³-hybridized carbons (Fsp3) is 1.00. The summed E-state index contributed by atoms with van der Waals surface area (Å²) in [6.45, 7) is 4.83. The van der Waals surface area contributed by atoms with Crippen LogP contribution >= 0.6 is 11.8 Å². The summed E-state index contributed by atoms with van der Waals surface area (Å²) in [6.07, 6.45) is 3.29. The molecule has 60 valence electrons. The van der Waals surface area contributed by atoms with Gasteiger partial charge in [-0.1, -0.05) is 13.8 Å². The summed E-state index contributed by atoms with van der Waals surface area (Å²) >= 11 is 1.84. The maximum absolute atomic E-state index is 9.11. The average molecular weight is 160 g/mol. The number of hydrogen-bond acceptors (Lipinski definition) is 2. The molecule has 1 rings (SSSR count). The Labute approximate surface area is 67.2 Å². The quantitative estimate of drug-likeness (QED) is 0.679. The van der Waals surface area contributed by atoms with Crippen molar-refractivity contribution < 1.29 is 5.11 Å². The van der Waals surface area contributed by atoms with E-state index >= 15 is 0 Å². The van der Waals surface area contributed by atoms with Crippen molar-refractivity contribution >= 4 is 11.8 Å². The lowest BCUT2D eigenvalue weighted by atomic mass is 9.99. The molecule has 0 aromatic rings. The van der Waals surface area contributed by atoms with Crippen LogP contribution in [0.3, 0.4) is 0 Å². The van der Waals surface area contributed by atoms with E-state index in [0.717, 1.165) is 5.75 Å². The van der Waals surface area contributed by atoms with Crippen molar-refractivity contribution in [3.8, 4) is 0 Å². The van der Waals surface area contributed by atoms with Crippen molar-refractivity contribution in [2.24, 2.45) is 10.8 Å². The van der Waals surface area contributed by atoms with Gasteiger partial charge in [0, 0.05) is 11.2 Å². The Bertz CT molecular complexity index is 133. The summed E-state index contributed by atoms with van der Waals surface area (Å²) < 4.78 is 0. The molecule has 1 unspecified atom stereocenters. The van der Waals surface area contributed by atoms with Gasteiger partial charge < -0.3 is 5.11 Å². The van der Waals surface area contributed by atoms with Crippen LogP contribution in [0.25, 0.3) is 0 Å². The summed E-state index contributed by atoms with van der Waals surface area (Å²) in [6, 6.07) is 0. The lowest BCUT2D eigenvalue weighted by molar-refractivity contribution is 0.198. The number of aliphatic hydroxyl groups excluding tert-OH is 1. The molecule has 1 nitrogen and oxygen atoms in total. The highest BCUT2D eigenvalue weighted by Crippen LogP contribution is 2.64. The predicted octanol–water partition coefficient (Wildman–Crippen LogP) is 1.76. The van der Waals surface area contributed by atoms with Gasteiger partial charge in [-0.2, -0.15) is 11.8 Å². The molecule has 1 N–H and O–H groups in total. The average Bonchev–Trinajstić information content (AvgIpc) is 2.37. The predicted molar refractivity (Wildman–Crippen MR) is 46.3 cm³/mol. The van der Waals surface area contributed by atoms with Crippen LogP contribution in [0.1, 0.15) is 20.3 Å². The van der Waals surface area contributed by atoms with E-state index in [2.05, 4.69) is 20.1 Å². The van der Waals surface area contributed by atoms with Crippen LogP contribution in [0, 0.1) is 10.8 Å². The second-order valence-electron chi connectivity index (χ2n) is 3.93. The Morgan fingerprint density at radius 1 is 1.50 bits per heavy atom. The molecule has 0 bridgehead atoms. The van der Waals surface area contributed by atoms with Crippen LogP contribution in [-0.2, 0) is 0 Å². The van der Waals surface area contributed by atoms with E-state index in [-0.39, 0.29) is 5.41 Å². The Kier molecular flexibility index (Phi) is 2.03. The molecular weight excluding hydrogens is 144 g/mol. The summed E-state index contributed by atoms with van der Waals surface area (Å²) in [5.74, 6) is 1.11. The van der Waals surface area contributed by atoms with Crippen LogP contribution in [0.5, 0.6) is 0 Å². The van der Waals surface area contributed by atoms with E-state index in [1.807, 2.05) is 11.8 Å². The van der Waals surface area contributed by atoms with E-state index in [1.54, 1.807) is 0 Å². The Morgan fingerprint density at radius 2 is 2.00 bits per heavy atom. The van der Waals surface area contributed by atoms with E-state index in [4.69, 9.17) is 5.11 Å². The number of thioether (sulfide) groups is 1. The third-order valence-corrected chi connectivity index (χ3v) is 3.66. The largest absolute Gasteiger partial charge is 0.396 e. The molecule has 1 aliphatic carbocycles. The Balaban J connectivity index is 2.50.